The fourth-order valence-electron chi connectivity index (χ4n) is 4.76. The van der Waals surface area contributed by atoms with Gasteiger partial charge < -0.3 is 18.9 Å². The molecule has 0 aliphatic heterocycles. The van der Waals surface area contributed by atoms with E-state index in [0.29, 0.717) is 19.3 Å². The molecule has 0 radical (unpaired) electrons. The average Bonchev–Trinajstić information content (AvgIpc) is 3.05. The number of alkyl halides is 6. The van der Waals surface area contributed by atoms with Crippen LogP contribution in [0.25, 0.3) is 0 Å². The fraction of sp³-hybridized carbons (Fsp3) is 0.405. The van der Waals surface area contributed by atoms with Gasteiger partial charge in [-0.05, 0) is 43.6 Å². The van der Waals surface area contributed by atoms with Crippen LogP contribution in [0.3, 0.4) is 0 Å². The normalized spacial score (nSPS) is 14.9. The highest BCUT2D eigenvalue weighted by molar-refractivity contribution is 5.83. The number of esters is 2. The molecular weight excluding hydrogens is 654 g/mol. The van der Waals surface area contributed by atoms with Crippen molar-refractivity contribution in [2.45, 2.75) is 75.1 Å². The topological polar surface area (TPSA) is 71.1 Å². The standard InChI is InChI=1S/C37H38F6O6/c1-4-22-31(49-33(45)35(47-3,37(41,42)43)30-25-18-15-19-26-30)27-20-12-10-8-6-5-7-9-11-13-21-28-48-32(44)34(46-2,36(38,39)40)29-23-16-14-17-24-29/h6,8,10,12,14-19,23-26,31H,4,13,20-22,27-28H2,1-3H3/b8-6+,12-10+/t31-,34+,35+/m1/s1. The maximum atomic E-state index is 14.2. The maximum absolute atomic E-state index is 14.2. The third-order valence-corrected chi connectivity index (χ3v) is 7.22. The van der Waals surface area contributed by atoms with Crippen LogP contribution in [-0.4, -0.2) is 51.2 Å². The highest BCUT2D eigenvalue weighted by Crippen LogP contribution is 2.44. The SMILES string of the molecule is CCC[C@H](CC/C=C/C=C/C#CC#CCCCOC(=O)[C@@](OC)(c1ccccc1)C(F)(F)F)OC(=O)[C@@](OC)(c1ccccc1)C(F)(F)F. The molecule has 0 saturated carbocycles. The zero-order chi connectivity index (χ0) is 36.4. The second-order valence-corrected chi connectivity index (χ2v) is 10.5. The van der Waals surface area contributed by atoms with Crippen LogP contribution in [0.1, 0.15) is 56.6 Å². The summed E-state index contributed by atoms with van der Waals surface area (Å²) in [6.07, 6.45) is -2.26. The van der Waals surface area contributed by atoms with Gasteiger partial charge in [-0.2, -0.15) is 26.3 Å². The van der Waals surface area contributed by atoms with E-state index in [2.05, 4.69) is 28.4 Å². The van der Waals surface area contributed by atoms with Gasteiger partial charge in [-0.25, -0.2) is 9.59 Å². The molecule has 0 aliphatic carbocycles. The third-order valence-electron chi connectivity index (χ3n) is 7.22. The first-order valence-electron chi connectivity index (χ1n) is 15.3. The molecule has 0 aliphatic rings. The largest absolute Gasteiger partial charge is 0.463 e. The van der Waals surface area contributed by atoms with Gasteiger partial charge in [0.05, 0.1) is 6.61 Å². The fourth-order valence-corrected chi connectivity index (χ4v) is 4.76. The molecule has 0 fully saturated rings. The molecule has 2 aromatic carbocycles. The molecule has 0 amide bonds. The predicted octanol–water partition coefficient (Wildman–Crippen LogP) is 8.13. The number of hydrogen-bond acceptors (Lipinski definition) is 6. The number of halogens is 6. The molecular formula is C37H38F6O6. The van der Waals surface area contributed by atoms with E-state index < -0.39 is 47.2 Å². The Hall–Kier alpha value is -4.52. The van der Waals surface area contributed by atoms with Crippen LogP contribution in [0.2, 0.25) is 0 Å². The number of methoxy groups -OCH3 is 2. The van der Waals surface area contributed by atoms with Crippen LogP contribution in [0, 0.1) is 23.7 Å². The van der Waals surface area contributed by atoms with E-state index in [1.54, 1.807) is 18.2 Å². The predicted molar refractivity (Wildman–Crippen MR) is 170 cm³/mol. The molecule has 6 nitrogen and oxygen atoms in total. The van der Waals surface area contributed by atoms with Crippen molar-refractivity contribution < 1.29 is 54.9 Å². The molecule has 0 aromatic heterocycles. The van der Waals surface area contributed by atoms with Crippen LogP contribution in [0.4, 0.5) is 26.3 Å². The molecule has 0 spiro atoms. The van der Waals surface area contributed by atoms with Crippen LogP contribution in [-0.2, 0) is 39.7 Å². The number of carbonyl (C=O) groups excluding carboxylic acids is 2. The second-order valence-electron chi connectivity index (χ2n) is 10.5. The van der Waals surface area contributed by atoms with Gasteiger partial charge in [0.1, 0.15) is 6.10 Å². The first-order chi connectivity index (χ1) is 23.3. The van der Waals surface area contributed by atoms with Crippen molar-refractivity contribution in [1.82, 2.24) is 0 Å². The Morgan fingerprint density at radius 2 is 1.33 bits per heavy atom. The van der Waals surface area contributed by atoms with Crippen LogP contribution < -0.4 is 0 Å². The highest BCUT2D eigenvalue weighted by atomic mass is 19.4. The van der Waals surface area contributed by atoms with Crippen molar-refractivity contribution in [3.8, 4) is 23.7 Å². The third kappa shape index (κ3) is 10.7. The summed E-state index contributed by atoms with van der Waals surface area (Å²) in [5, 5.41) is 0. The van der Waals surface area contributed by atoms with Gasteiger partial charge in [-0.3, -0.25) is 0 Å². The monoisotopic (exact) mass is 692 g/mol. The van der Waals surface area contributed by atoms with E-state index in [1.807, 2.05) is 6.92 Å². The molecule has 0 heterocycles. The first kappa shape index (κ1) is 40.7. The summed E-state index contributed by atoms with van der Waals surface area (Å²) in [7, 11) is 1.62. The van der Waals surface area contributed by atoms with Gasteiger partial charge in [0, 0.05) is 31.8 Å². The van der Waals surface area contributed by atoms with Crippen molar-refractivity contribution in [3.63, 3.8) is 0 Å². The van der Waals surface area contributed by atoms with Crippen LogP contribution in [0.15, 0.2) is 85.0 Å². The molecule has 3 atom stereocenters. The van der Waals surface area contributed by atoms with Crippen LogP contribution >= 0.6 is 0 Å². The molecule has 0 bridgehead atoms. The summed E-state index contributed by atoms with van der Waals surface area (Å²) in [6, 6.07) is 13.1. The smallest absolute Gasteiger partial charge is 0.432 e. The molecule has 2 rings (SSSR count). The van der Waals surface area contributed by atoms with Gasteiger partial charge in [0.25, 0.3) is 11.2 Å². The number of ether oxygens (including phenoxy) is 4. The van der Waals surface area contributed by atoms with Gasteiger partial charge in [-0.15, -0.1) is 0 Å². The first-order valence-corrected chi connectivity index (χ1v) is 15.3. The average molecular weight is 693 g/mol. The minimum absolute atomic E-state index is 0.175. The molecule has 0 unspecified atom stereocenters. The van der Waals surface area contributed by atoms with E-state index in [0.717, 1.165) is 26.4 Å². The zero-order valence-electron chi connectivity index (χ0n) is 27.3. The highest BCUT2D eigenvalue weighted by Gasteiger charge is 2.65. The Labute approximate surface area is 282 Å². The molecule has 0 N–H and O–H groups in total. The van der Waals surface area contributed by atoms with Crippen molar-refractivity contribution in [2.75, 3.05) is 20.8 Å². The molecule has 0 saturated heterocycles. The van der Waals surface area contributed by atoms with E-state index >= 15 is 0 Å². The quantitative estimate of drug-likeness (QED) is 0.0582. The lowest BCUT2D eigenvalue weighted by atomic mass is 9.92. The number of allylic oxidation sites excluding steroid dienone is 4. The Bertz CT molecular complexity index is 1510. The lowest BCUT2D eigenvalue weighted by molar-refractivity contribution is -0.278. The van der Waals surface area contributed by atoms with Crippen LogP contribution in [0.5, 0.6) is 0 Å². The minimum Gasteiger partial charge on any atom is -0.463 e. The lowest BCUT2D eigenvalue weighted by Crippen LogP contribution is -2.52. The van der Waals surface area contributed by atoms with Crippen molar-refractivity contribution >= 4 is 11.9 Å². The van der Waals surface area contributed by atoms with Gasteiger partial charge >= 0.3 is 24.3 Å². The summed E-state index contributed by atoms with van der Waals surface area (Å²) < 4.78 is 104. The van der Waals surface area contributed by atoms with Crippen molar-refractivity contribution in [1.29, 1.82) is 0 Å². The number of benzene rings is 2. The molecule has 264 valence electrons. The summed E-state index contributed by atoms with van der Waals surface area (Å²) in [5.74, 6) is 7.48. The van der Waals surface area contributed by atoms with E-state index in [4.69, 9.17) is 14.2 Å². The van der Waals surface area contributed by atoms with Gasteiger partial charge in [-0.1, -0.05) is 104 Å². The Kier molecular flexibility index (Phi) is 16.2. The van der Waals surface area contributed by atoms with Gasteiger partial charge in [0.15, 0.2) is 0 Å². The minimum atomic E-state index is -5.05. The zero-order valence-corrected chi connectivity index (χ0v) is 27.3. The Morgan fingerprint density at radius 3 is 1.84 bits per heavy atom. The van der Waals surface area contributed by atoms with Gasteiger partial charge in [0.2, 0.25) is 0 Å². The van der Waals surface area contributed by atoms with E-state index in [9.17, 15) is 35.9 Å². The summed E-state index contributed by atoms with van der Waals surface area (Å²) in [5.41, 5.74) is -7.25. The molecule has 49 heavy (non-hydrogen) atoms. The van der Waals surface area contributed by atoms with Crippen molar-refractivity contribution in [2.24, 2.45) is 0 Å². The van der Waals surface area contributed by atoms with E-state index in [1.165, 1.54) is 54.6 Å². The molecule has 2 aromatic rings. The number of rotatable bonds is 16. The van der Waals surface area contributed by atoms with Crippen molar-refractivity contribution in [3.05, 3.63) is 96.1 Å². The lowest BCUT2D eigenvalue weighted by Gasteiger charge is -2.33. The number of unbranched alkanes of at least 4 members (excludes halogenated alkanes) is 1. The summed E-state index contributed by atoms with van der Waals surface area (Å²) in [4.78, 5) is 25.4. The molecule has 12 heteroatoms. The Morgan fingerprint density at radius 1 is 0.776 bits per heavy atom. The maximum Gasteiger partial charge on any atom is 0.432 e. The number of hydrogen-bond donors (Lipinski definition) is 0. The summed E-state index contributed by atoms with van der Waals surface area (Å²) >= 11 is 0. The second kappa shape index (κ2) is 19.5. The van der Waals surface area contributed by atoms with E-state index in [-0.39, 0.29) is 31.4 Å². The Balaban J connectivity index is 1.84. The number of carbonyl (C=O) groups is 2. The summed E-state index contributed by atoms with van der Waals surface area (Å²) in [6.45, 7) is 1.53.